The van der Waals surface area contributed by atoms with Crippen molar-refractivity contribution in [2.24, 2.45) is 5.92 Å². The predicted molar refractivity (Wildman–Crippen MR) is 72.6 cm³/mol. The molecule has 0 radical (unpaired) electrons. The number of methoxy groups -OCH3 is 1. The number of allylic oxidation sites excluding steroid dienone is 5. The normalized spacial score (nSPS) is 12.8. The Morgan fingerprint density at radius 3 is 2.71 bits per heavy atom. The zero-order chi connectivity index (χ0) is 12.9. The van der Waals surface area contributed by atoms with Crippen molar-refractivity contribution in [3.8, 4) is 0 Å². The summed E-state index contributed by atoms with van der Waals surface area (Å²) >= 11 is 0. The van der Waals surface area contributed by atoms with E-state index < -0.39 is 0 Å². The number of carbonyl (C=O) groups is 1. The Hall–Kier alpha value is -1.57. The van der Waals surface area contributed by atoms with Crippen LogP contribution in [0.25, 0.3) is 0 Å². The van der Waals surface area contributed by atoms with Crippen molar-refractivity contribution in [2.45, 2.75) is 25.7 Å². The second-order valence-corrected chi connectivity index (χ2v) is 3.76. The summed E-state index contributed by atoms with van der Waals surface area (Å²) in [6.07, 6.45) is 15.2. The number of rotatable bonds is 9. The molecule has 0 aromatic heterocycles. The van der Waals surface area contributed by atoms with Gasteiger partial charge in [0.05, 0.1) is 7.11 Å². The largest absolute Gasteiger partial charge is 0.466 e. The highest BCUT2D eigenvalue weighted by atomic mass is 16.5. The molecule has 2 heteroatoms. The van der Waals surface area contributed by atoms with Gasteiger partial charge in [-0.25, -0.2) is 4.79 Å². The van der Waals surface area contributed by atoms with Gasteiger partial charge in [-0.2, -0.15) is 0 Å². The van der Waals surface area contributed by atoms with E-state index in [0.29, 0.717) is 5.92 Å². The molecular weight excluding hydrogens is 212 g/mol. The molecule has 94 valence electrons. The van der Waals surface area contributed by atoms with Crippen LogP contribution in [0.15, 0.2) is 49.6 Å². The second kappa shape index (κ2) is 10.9. The molecule has 0 rings (SSSR count). The topological polar surface area (TPSA) is 26.3 Å². The first kappa shape index (κ1) is 15.4. The van der Waals surface area contributed by atoms with Crippen LogP contribution in [0.1, 0.15) is 25.7 Å². The lowest BCUT2D eigenvalue weighted by molar-refractivity contribution is -0.134. The average Bonchev–Trinajstić information content (AvgIpc) is 2.36. The lowest BCUT2D eigenvalue weighted by Gasteiger charge is -2.07. The van der Waals surface area contributed by atoms with Crippen LogP contribution in [-0.2, 0) is 9.53 Å². The van der Waals surface area contributed by atoms with Gasteiger partial charge in [0, 0.05) is 6.08 Å². The summed E-state index contributed by atoms with van der Waals surface area (Å²) in [6.45, 7) is 7.53. The molecule has 1 unspecified atom stereocenters. The average molecular weight is 234 g/mol. The van der Waals surface area contributed by atoms with E-state index in [4.69, 9.17) is 0 Å². The van der Waals surface area contributed by atoms with Crippen molar-refractivity contribution >= 4 is 5.97 Å². The van der Waals surface area contributed by atoms with Crippen molar-refractivity contribution in [1.82, 2.24) is 0 Å². The van der Waals surface area contributed by atoms with Gasteiger partial charge in [-0.1, -0.05) is 30.4 Å². The Balaban J connectivity index is 3.85. The maximum Gasteiger partial charge on any atom is 0.330 e. The zero-order valence-corrected chi connectivity index (χ0v) is 10.6. The minimum Gasteiger partial charge on any atom is -0.466 e. The number of hydrogen-bond donors (Lipinski definition) is 0. The SMILES string of the molecule is C=CCCCC(C=C)C/C=C/C=C/C(=O)OC. The first-order chi connectivity index (χ1) is 8.24. The first-order valence-corrected chi connectivity index (χ1v) is 5.89. The molecule has 0 fully saturated rings. The highest BCUT2D eigenvalue weighted by Gasteiger charge is 2.00. The van der Waals surface area contributed by atoms with E-state index in [9.17, 15) is 4.79 Å². The molecule has 17 heavy (non-hydrogen) atoms. The second-order valence-electron chi connectivity index (χ2n) is 3.76. The highest BCUT2D eigenvalue weighted by Crippen LogP contribution is 2.14. The van der Waals surface area contributed by atoms with Gasteiger partial charge < -0.3 is 4.74 Å². The summed E-state index contributed by atoms with van der Waals surface area (Å²) in [5, 5.41) is 0. The minimum absolute atomic E-state index is 0.332. The molecule has 0 aliphatic carbocycles. The summed E-state index contributed by atoms with van der Waals surface area (Å²) in [6, 6.07) is 0. The van der Waals surface area contributed by atoms with E-state index >= 15 is 0 Å². The van der Waals surface area contributed by atoms with Crippen molar-refractivity contribution in [1.29, 1.82) is 0 Å². The van der Waals surface area contributed by atoms with E-state index in [2.05, 4.69) is 17.9 Å². The van der Waals surface area contributed by atoms with Gasteiger partial charge in [0.25, 0.3) is 0 Å². The molecule has 0 saturated heterocycles. The number of hydrogen-bond acceptors (Lipinski definition) is 2. The fourth-order valence-corrected chi connectivity index (χ4v) is 1.39. The third-order valence-electron chi connectivity index (χ3n) is 2.44. The molecule has 0 aromatic rings. The monoisotopic (exact) mass is 234 g/mol. The van der Waals surface area contributed by atoms with Gasteiger partial charge in [0.1, 0.15) is 0 Å². The van der Waals surface area contributed by atoms with Crippen LogP contribution in [0.2, 0.25) is 0 Å². The van der Waals surface area contributed by atoms with E-state index in [1.807, 2.05) is 24.3 Å². The van der Waals surface area contributed by atoms with E-state index in [0.717, 1.165) is 25.7 Å². The van der Waals surface area contributed by atoms with E-state index in [1.54, 1.807) is 6.08 Å². The fraction of sp³-hybridized carbons (Fsp3) is 0.400. The Morgan fingerprint density at radius 1 is 1.35 bits per heavy atom. The molecule has 0 spiro atoms. The number of esters is 1. The fourth-order valence-electron chi connectivity index (χ4n) is 1.39. The van der Waals surface area contributed by atoms with Gasteiger partial charge in [-0.3, -0.25) is 0 Å². The van der Waals surface area contributed by atoms with Crippen LogP contribution in [0.3, 0.4) is 0 Å². The molecule has 0 aliphatic heterocycles. The number of carbonyl (C=O) groups excluding carboxylic acids is 1. The molecule has 0 heterocycles. The van der Waals surface area contributed by atoms with E-state index in [1.165, 1.54) is 13.2 Å². The van der Waals surface area contributed by atoms with Crippen molar-refractivity contribution in [3.63, 3.8) is 0 Å². The summed E-state index contributed by atoms with van der Waals surface area (Å²) < 4.78 is 4.48. The third kappa shape index (κ3) is 9.36. The first-order valence-electron chi connectivity index (χ1n) is 5.89. The third-order valence-corrected chi connectivity index (χ3v) is 2.44. The Morgan fingerprint density at radius 2 is 2.12 bits per heavy atom. The number of ether oxygens (including phenoxy) is 1. The highest BCUT2D eigenvalue weighted by molar-refractivity contribution is 5.82. The minimum atomic E-state index is -0.332. The quantitative estimate of drug-likeness (QED) is 0.199. The van der Waals surface area contributed by atoms with Crippen molar-refractivity contribution in [3.05, 3.63) is 49.6 Å². The van der Waals surface area contributed by atoms with Crippen LogP contribution >= 0.6 is 0 Å². The molecule has 0 saturated carbocycles. The smallest absolute Gasteiger partial charge is 0.330 e. The van der Waals surface area contributed by atoms with Gasteiger partial charge in [0.2, 0.25) is 0 Å². The Kier molecular flexibility index (Phi) is 9.92. The van der Waals surface area contributed by atoms with Gasteiger partial charge >= 0.3 is 5.97 Å². The maximum absolute atomic E-state index is 10.8. The summed E-state index contributed by atoms with van der Waals surface area (Å²) in [5.74, 6) is 0.165. The molecule has 0 bridgehead atoms. The van der Waals surface area contributed by atoms with Gasteiger partial charge in [-0.05, 0) is 31.6 Å². The van der Waals surface area contributed by atoms with Gasteiger partial charge in [0.15, 0.2) is 0 Å². The molecule has 0 aliphatic rings. The Labute approximate surface area is 104 Å². The molecular formula is C15H22O2. The standard InChI is InChI=1S/C15H22O2/c1-4-6-8-11-14(5-2)12-9-7-10-13-15(16)17-3/h4-5,7,9-10,13-14H,1-2,6,8,11-12H2,3H3/b9-7+,13-10+. The van der Waals surface area contributed by atoms with Crippen LogP contribution in [0.5, 0.6) is 0 Å². The van der Waals surface area contributed by atoms with Crippen molar-refractivity contribution in [2.75, 3.05) is 7.11 Å². The van der Waals surface area contributed by atoms with Crippen molar-refractivity contribution < 1.29 is 9.53 Å². The van der Waals surface area contributed by atoms with Crippen LogP contribution in [0.4, 0.5) is 0 Å². The van der Waals surface area contributed by atoms with E-state index in [-0.39, 0.29) is 5.97 Å². The summed E-state index contributed by atoms with van der Waals surface area (Å²) in [7, 11) is 1.36. The molecule has 0 amide bonds. The zero-order valence-electron chi connectivity index (χ0n) is 10.6. The van der Waals surface area contributed by atoms with Gasteiger partial charge in [-0.15, -0.1) is 13.2 Å². The lowest BCUT2D eigenvalue weighted by atomic mass is 9.98. The molecule has 1 atom stereocenters. The summed E-state index contributed by atoms with van der Waals surface area (Å²) in [5.41, 5.74) is 0. The predicted octanol–water partition coefficient (Wildman–Crippen LogP) is 3.82. The number of unbranched alkanes of at least 4 members (excludes halogenated alkanes) is 1. The van der Waals surface area contributed by atoms with Crippen LogP contribution in [-0.4, -0.2) is 13.1 Å². The van der Waals surface area contributed by atoms with Crippen LogP contribution < -0.4 is 0 Å². The molecule has 2 nitrogen and oxygen atoms in total. The Bertz CT molecular complexity index is 287. The molecule has 0 aromatic carbocycles. The maximum atomic E-state index is 10.8. The lowest BCUT2D eigenvalue weighted by Crippen LogP contribution is -1.94. The molecule has 0 N–H and O–H groups in total. The summed E-state index contributed by atoms with van der Waals surface area (Å²) in [4.78, 5) is 10.8. The van der Waals surface area contributed by atoms with Crippen LogP contribution in [0, 0.1) is 5.92 Å².